The molecule has 0 aliphatic heterocycles. The molecule has 0 radical (unpaired) electrons. The minimum atomic E-state index is -1.45. The molecule has 2 heterocycles. The Kier molecular flexibility index (Phi) is 2.57. The van der Waals surface area contributed by atoms with Crippen molar-refractivity contribution in [1.82, 2.24) is 25.0 Å². The molecule has 0 bridgehead atoms. The van der Waals surface area contributed by atoms with E-state index in [0.29, 0.717) is 11.3 Å². The molecule has 0 amide bonds. The molecule has 0 spiro atoms. The van der Waals surface area contributed by atoms with Gasteiger partial charge in [0.2, 0.25) is 5.65 Å². The van der Waals surface area contributed by atoms with Crippen LogP contribution in [0.1, 0.15) is 5.69 Å². The van der Waals surface area contributed by atoms with Crippen LogP contribution >= 0.6 is 0 Å². The number of benzene rings is 1. The van der Waals surface area contributed by atoms with Crippen molar-refractivity contribution in [3.8, 4) is 11.5 Å². The van der Waals surface area contributed by atoms with E-state index in [2.05, 4.69) is 51.6 Å². The van der Waals surface area contributed by atoms with Gasteiger partial charge < -0.3 is 0 Å². The molecule has 0 atom stereocenters. The van der Waals surface area contributed by atoms with Crippen molar-refractivity contribution in [2.24, 2.45) is 0 Å². The molecule has 3 aromatic rings. The quantitative estimate of drug-likeness (QED) is 0.461. The fourth-order valence-electron chi connectivity index (χ4n) is 1.74. The summed E-state index contributed by atoms with van der Waals surface area (Å²) in [6.07, 6.45) is 0. The maximum absolute atomic E-state index is 4.56. The van der Waals surface area contributed by atoms with Gasteiger partial charge in [0.15, 0.2) is 5.69 Å². The summed E-state index contributed by atoms with van der Waals surface area (Å²) in [6, 6.07) is 7.78. The monoisotopic (exact) mass is 267 g/mol. The van der Waals surface area contributed by atoms with E-state index in [1.54, 1.807) is 4.52 Å². The Morgan fingerprint density at radius 2 is 1.95 bits per heavy atom. The number of rotatable bonds is 0. The van der Waals surface area contributed by atoms with Crippen LogP contribution in [0.15, 0.2) is 24.3 Å². The lowest BCUT2D eigenvalue weighted by atomic mass is 10.3. The fraction of sp³-hybridized carbons (Fsp3) is 0.231. The standard InChI is InChI=1S/C13H13N5Si/c1-19(2,3)9-8-11-13-15-16-17-18(13)12-7-5-4-6-10(12)14-11/h4-7H,1-3H3. The molecule has 5 nitrogen and oxygen atoms in total. The molecule has 6 heteroatoms. The predicted octanol–water partition coefficient (Wildman–Crippen LogP) is 1.90. The number of fused-ring (bicyclic) bond motifs is 3. The van der Waals surface area contributed by atoms with E-state index in [0.717, 1.165) is 11.0 Å². The number of aromatic nitrogens is 5. The summed E-state index contributed by atoms with van der Waals surface area (Å²) in [5.74, 6) is 3.14. The van der Waals surface area contributed by atoms with E-state index < -0.39 is 8.07 Å². The van der Waals surface area contributed by atoms with E-state index in [4.69, 9.17) is 0 Å². The molecule has 0 fully saturated rings. The minimum Gasteiger partial charge on any atom is -0.234 e. The molecule has 3 rings (SSSR count). The summed E-state index contributed by atoms with van der Waals surface area (Å²) in [5, 5.41) is 11.8. The second-order valence-electron chi connectivity index (χ2n) is 5.36. The molecule has 0 aliphatic carbocycles. The number of tetrazole rings is 1. The second kappa shape index (κ2) is 4.14. The van der Waals surface area contributed by atoms with E-state index in [1.807, 2.05) is 24.3 Å². The minimum absolute atomic E-state index is 0.615. The van der Waals surface area contributed by atoms with Crippen LogP contribution in [0.2, 0.25) is 19.6 Å². The predicted molar refractivity (Wildman–Crippen MR) is 76.3 cm³/mol. The molecule has 1 aromatic carbocycles. The summed E-state index contributed by atoms with van der Waals surface area (Å²) >= 11 is 0. The number of hydrogen-bond acceptors (Lipinski definition) is 4. The molecule has 0 saturated heterocycles. The Hall–Kier alpha value is -2.26. The van der Waals surface area contributed by atoms with Crippen molar-refractivity contribution < 1.29 is 0 Å². The summed E-state index contributed by atoms with van der Waals surface area (Å²) in [4.78, 5) is 4.56. The molecule has 19 heavy (non-hydrogen) atoms. The highest BCUT2D eigenvalue weighted by Crippen LogP contribution is 2.14. The Morgan fingerprint density at radius 3 is 2.74 bits per heavy atom. The summed E-state index contributed by atoms with van der Waals surface area (Å²) < 4.78 is 1.69. The Morgan fingerprint density at radius 1 is 1.16 bits per heavy atom. The summed E-state index contributed by atoms with van der Waals surface area (Å²) in [5.41, 5.74) is 6.30. The SMILES string of the molecule is C[Si](C)(C)C#Cc1nc2ccccc2n2nnnc12. The van der Waals surface area contributed by atoms with E-state index in [-0.39, 0.29) is 0 Å². The zero-order valence-electron chi connectivity index (χ0n) is 11.0. The van der Waals surface area contributed by atoms with Gasteiger partial charge in [0.05, 0.1) is 11.0 Å². The maximum Gasteiger partial charge on any atom is 0.214 e. The molecule has 2 aromatic heterocycles. The first kappa shape index (κ1) is 11.8. The van der Waals surface area contributed by atoms with E-state index >= 15 is 0 Å². The van der Waals surface area contributed by atoms with E-state index in [9.17, 15) is 0 Å². The highest BCUT2D eigenvalue weighted by molar-refractivity contribution is 6.83. The molecule has 94 valence electrons. The van der Waals surface area contributed by atoms with Gasteiger partial charge in [-0.05, 0) is 28.5 Å². The highest BCUT2D eigenvalue weighted by atomic mass is 28.3. The largest absolute Gasteiger partial charge is 0.234 e. The normalized spacial score (nSPS) is 11.5. The number of para-hydroxylation sites is 2. The third-order valence-electron chi connectivity index (χ3n) is 2.58. The van der Waals surface area contributed by atoms with Gasteiger partial charge in [-0.1, -0.05) is 31.8 Å². The Bertz CT molecular complexity index is 820. The first-order chi connectivity index (χ1) is 9.04. The third-order valence-corrected chi connectivity index (χ3v) is 3.45. The van der Waals surface area contributed by atoms with Gasteiger partial charge in [-0.2, -0.15) is 4.52 Å². The van der Waals surface area contributed by atoms with Gasteiger partial charge in [-0.15, -0.1) is 10.6 Å². The topological polar surface area (TPSA) is 56.0 Å². The van der Waals surface area contributed by atoms with Gasteiger partial charge >= 0.3 is 0 Å². The zero-order chi connectivity index (χ0) is 13.5. The average molecular weight is 267 g/mol. The average Bonchev–Trinajstić information content (AvgIpc) is 2.84. The summed E-state index contributed by atoms with van der Waals surface area (Å²) in [7, 11) is -1.45. The number of nitrogens with zero attached hydrogens (tertiary/aromatic N) is 5. The van der Waals surface area contributed by atoms with Crippen LogP contribution in [0, 0.1) is 11.5 Å². The molecule has 0 saturated carbocycles. The smallest absolute Gasteiger partial charge is 0.214 e. The van der Waals surface area contributed by atoms with Crippen LogP contribution in [0.3, 0.4) is 0 Å². The van der Waals surface area contributed by atoms with Crippen LogP contribution in [-0.2, 0) is 0 Å². The zero-order valence-corrected chi connectivity index (χ0v) is 12.0. The van der Waals surface area contributed by atoms with Crippen molar-refractivity contribution in [1.29, 1.82) is 0 Å². The van der Waals surface area contributed by atoms with Crippen molar-refractivity contribution in [2.75, 3.05) is 0 Å². The Balaban J connectivity index is 2.33. The van der Waals surface area contributed by atoms with Crippen LogP contribution in [0.5, 0.6) is 0 Å². The number of hydrogen-bond donors (Lipinski definition) is 0. The van der Waals surface area contributed by atoms with Gasteiger partial charge in [0.25, 0.3) is 0 Å². The van der Waals surface area contributed by atoms with Gasteiger partial charge in [-0.3, -0.25) is 0 Å². The lowest BCUT2D eigenvalue weighted by Crippen LogP contribution is -2.16. The van der Waals surface area contributed by atoms with Gasteiger partial charge in [0.1, 0.15) is 8.07 Å². The van der Waals surface area contributed by atoms with Crippen molar-refractivity contribution in [3.63, 3.8) is 0 Å². The summed E-state index contributed by atoms with van der Waals surface area (Å²) in [6.45, 7) is 6.58. The molecular weight excluding hydrogens is 254 g/mol. The molecule has 0 unspecified atom stereocenters. The maximum atomic E-state index is 4.56. The Labute approximate surface area is 111 Å². The third kappa shape index (κ3) is 2.20. The van der Waals surface area contributed by atoms with Gasteiger partial charge in [-0.25, -0.2) is 4.98 Å². The van der Waals surface area contributed by atoms with Crippen molar-refractivity contribution >= 4 is 24.8 Å². The van der Waals surface area contributed by atoms with Crippen molar-refractivity contribution in [3.05, 3.63) is 30.0 Å². The molecular formula is C13H13N5Si. The first-order valence-corrected chi connectivity index (χ1v) is 9.55. The van der Waals surface area contributed by atoms with Crippen LogP contribution in [0.4, 0.5) is 0 Å². The van der Waals surface area contributed by atoms with Gasteiger partial charge in [0, 0.05) is 0 Å². The highest BCUT2D eigenvalue weighted by Gasteiger charge is 2.11. The van der Waals surface area contributed by atoms with Crippen LogP contribution in [0.25, 0.3) is 16.7 Å². The lowest BCUT2D eigenvalue weighted by molar-refractivity contribution is 0.840. The first-order valence-electron chi connectivity index (χ1n) is 6.05. The molecule has 0 N–H and O–H groups in total. The van der Waals surface area contributed by atoms with E-state index in [1.165, 1.54) is 0 Å². The fourth-order valence-corrected chi connectivity index (χ4v) is 2.23. The second-order valence-corrected chi connectivity index (χ2v) is 10.1. The van der Waals surface area contributed by atoms with Crippen LogP contribution in [-0.4, -0.2) is 33.1 Å². The lowest BCUT2D eigenvalue weighted by Gasteiger charge is -2.04. The van der Waals surface area contributed by atoms with Crippen LogP contribution < -0.4 is 0 Å². The molecule has 0 aliphatic rings. The van der Waals surface area contributed by atoms with Crippen molar-refractivity contribution in [2.45, 2.75) is 19.6 Å².